The van der Waals surface area contributed by atoms with Crippen LogP contribution in [-0.4, -0.2) is 55.0 Å². The summed E-state index contributed by atoms with van der Waals surface area (Å²) in [6.45, 7) is 0.730. The second kappa shape index (κ2) is 6.65. The van der Waals surface area contributed by atoms with Crippen LogP contribution in [0.3, 0.4) is 0 Å². The average molecular weight is 356 g/mol. The first kappa shape index (κ1) is 17.1. The van der Waals surface area contributed by atoms with Gasteiger partial charge in [-0.3, -0.25) is 9.48 Å². The highest BCUT2D eigenvalue weighted by Gasteiger charge is 2.33. The quantitative estimate of drug-likeness (QED) is 0.824. The first-order chi connectivity index (χ1) is 11.8. The molecule has 0 bridgehead atoms. The first-order valence-corrected chi connectivity index (χ1v) is 7.55. The molecule has 0 radical (unpaired) electrons. The molecule has 2 aromatic heterocycles. The zero-order valence-electron chi connectivity index (χ0n) is 13.3. The summed E-state index contributed by atoms with van der Waals surface area (Å²) >= 11 is 0. The number of aryl methyl sites for hydroxylation is 1. The smallest absolute Gasteiger partial charge is 0.433 e. The molecule has 0 spiro atoms. The van der Waals surface area contributed by atoms with Crippen LogP contribution in [0.4, 0.5) is 13.2 Å². The monoisotopic (exact) mass is 356 g/mol. The second-order valence-electron chi connectivity index (χ2n) is 5.63. The number of halogens is 3. The van der Waals surface area contributed by atoms with E-state index in [2.05, 4.69) is 20.3 Å². The molecule has 1 unspecified atom stereocenters. The minimum absolute atomic E-state index is 0.207. The molecule has 11 heteroatoms. The summed E-state index contributed by atoms with van der Waals surface area (Å²) in [5, 5.41) is 7.48. The van der Waals surface area contributed by atoms with Crippen LogP contribution in [0, 0.1) is 0 Å². The Bertz CT molecular complexity index is 763. The maximum Gasteiger partial charge on any atom is 0.433 e. The van der Waals surface area contributed by atoms with Crippen molar-refractivity contribution in [2.45, 2.75) is 25.1 Å². The van der Waals surface area contributed by atoms with Crippen LogP contribution in [0.2, 0.25) is 0 Å². The Balaban J connectivity index is 1.67. The summed E-state index contributed by atoms with van der Waals surface area (Å²) in [5.41, 5.74) is -0.862. The first-order valence-electron chi connectivity index (χ1n) is 7.55. The van der Waals surface area contributed by atoms with Crippen molar-refractivity contribution >= 4 is 5.91 Å². The largest absolute Gasteiger partial charge is 0.458 e. The molecule has 1 saturated heterocycles. The van der Waals surface area contributed by atoms with Crippen molar-refractivity contribution < 1.29 is 22.7 Å². The fourth-order valence-corrected chi connectivity index (χ4v) is 2.53. The molecule has 3 heterocycles. The summed E-state index contributed by atoms with van der Waals surface area (Å²) in [7, 11) is 1.65. The molecule has 134 valence electrons. The normalized spacial score (nSPS) is 18.2. The molecule has 1 atom stereocenters. The second-order valence-corrected chi connectivity index (χ2v) is 5.63. The average Bonchev–Trinajstić information content (AvgIpc) is 3.00. The van der Waals surface area contributed by atoms with E-state index in [4.69, 9.17) is 4.74 Å². The number of alkyl halides is 3. The van der Waals surface area contributed by atoms with Crippen molar-refractivity contribution in [2.24, 2.45) is 7.05 Å². The number of hydrogen-bond acceptors (Lipinski definition) is 6. The van der Waals surface area contributed by atoms with Gasteiger partial charge in [-0.2, -0.15) is 18.2 Å². The Morgan fingerprint density at radius 1 is 1.40 bits per heavy atom. The zero-order valence-corrected chi connectivity index (χ0v) is 13.3. The predicted octanol–water partition coefficient (Wildman–Crippen LogP) is 1.31. The van der Waals surface area contributed by atoms with E-state index in [1.165, 1.54) is 15.8 Å². The molecular weight excluding hydrogens is 341 g/mol. The highest BCUT2D eigenvalue weighted by molar-refractivity contribution is 5.92. The van der Waals surface area contributed by atoms with E-state index in [-0.39, 0.29) is 24.2 Å². The summed E-state index contributed by atoms with van der Waals surface area (Å²) in [6, 6.07) is 0.422. The molecule has 1 aliphatic rings. The van der Waals surface area contributed by atoms with Gasteiger partial charge in [-0.15, -0.1) is 5.10 Å². The van der Waals surface area contributed by atoms with Crippen molar-refractivity contribution in [2.75, 3.05) is 13.1 Å². The summed E-state index contributed by atoms with van der Waals surface area (Å²) in [4.78, 5) is 21.0. The number of ether oxygens (including phenoxy) is 1. The van der Waals surface area contributed by atoms with E-state index in [9.17, 15) is 18.0 Å². The van der Waals surface area contributed by atoms with Crippen LogP contribution >= 0.6 is 0 Å². The van der Waals surface area contributed by atoms with Crippen molar-refractivity contribution in [3.05, 3.63) is 29.8 Å². The number of likely N-dealkylation sites (tertiary alicyclic amines) is 1. The molecule has 1 fully saturated rings. The van der Waals surface area contributed by atoms with Crippen LogP contribution in [-0.2, 0) is 13.2 Å². The lowest BCUT2D eigenvalue weighted by molar-refractivity contribution is -0.141. The van der Waals surface area contributed by atoms with Crippen molar-refractivity contribution in [3.8, 4) is 6.01 Å². The highest BCUT2D eigenvalue weighted by Crippen LogP contribution is 2.28. The third-order valence-corrected chi connectivity index (χ3v) is 3.68. The van der Waals surface area contributed by atoms with Gasteiger partial charge in [0.25, 0.3) is 5.91 Å². The Kier molecular flexibility index (Phi) is 4.55. The third kappa shape index (κ3) is 4.03. The highest BCUT2D eigenvalue weighted by atomic mass is 19.4. The van der Waals surface area contributed by atoms with E-state index in [1.807, 2.05) is 0 Å². The molecule has 1 aliphatic heterocycles. The van der Waals surface area contributed by atoms with Crippen LogP contribution in [0.1, 0.15) is 29.0 Å². The van der Waals surface area contributed by atoms with E-state index in [0.717, 1.165) is 12.3 Å². The number of aromatic nitrogens is 5. The van der Waals surface area contributed by atoms with E-state index in [1.54, 1.807) is 7.05 Å². The van der Waals surface area contributed by atoms with E-state index in [0.29, 0.717) is 19.4 Å². The molecule has 0 aromatic carbocycles. The van der Waals surface area contributed by atoms with E-state index < -0.39 is 18.0 Å². The lowest BCUT2D eigenvalue weighted by Crippen LogP contribution is -2.44. The van der Waals surface area contributed by atoms with Gasteiger partial charge in [-0.1, -0.05) is 5.21 Å². The van der Waals surface area contributed by atoms with Crippen LogP contribution in [0.5, 0.6) is 6.01 Å². The summed E-state index contributed by atoms with van der Waals surface area (Å²) in [6.07, 6.45) is -1.32. The lowest BCUT2D eigenvalue weighted by Gasteiger charge is -2.31. The molecule has 8 nitrogen and oxygen atoms in total. The molecule has 1 amide bonds. The van der Waals surface area contributed by atoms with Crippen LogP contribution in [0.25, 0.3) is 0 Å². The number of hydrogen-bond donors (Lipinski definition) is 0. The molecule has 0 saturated carbocycles. The van der Waals surface area contributed by atoms with E-state index >= 15 is 0 Å². The van der Waals surface area contributed by atoms with Gasteiger partial charge in [0.15, 0.2) is 11.4 Å². The fraction of sp³-hybridized carbons (Fsp3) is 0.500. The van der Waals surface area contributed by atoms with Gasteiger partial charge in [0.2, 0.25) is 0 Å². The number of carbonyl (C=O) groups excluding carboxylic acids is 1. The van der Waals surface area contributed by atoms with Gasteiger partial charge >= 0.3 is 12.2 Å². The third-order valence-electron chi connectivity index (χ3n) is 3.68. The molecule has 0 aliphatic carbocycles. The van der Waals surface area contributed by atoms with Gasteiger partial charge in [-0.05, 0) is 18.9 Å². The number of amides is 1. The Morgan fingerprint density at radius 3 is 2.88 bits per heavy atom. The van der Waals surface area contributed by atoms with Crippen LogP contribution < -0.4 is 4.74 Å². The van der Waals surface area contributed by atoms with Crippen molar-refractivity contribution in [1.29, 1.82) is 0 Å². The summed E-state index contributed by atoms with van der Waals surface area (Å²) in [5.74, 6) is -0.300. The van der Waals surface area contributed by atoms with Gasteiger partial charge in [0.05, 0.1) is 12.7 Å². The fourth-order valence-electron chi connectivity index (χ4n) is 2.53. The van der Waals surface area contributed by atoms with Gasteiger partial charge in [-0.25, -0.2) is 4.98 Å². The molecular formula is C14H15F3N6O2. The van der Waals surface area contributed by atoms with Crippen molar-refractivity contribution in [1.82, 2.24) is 29.9 Å². The van der Waals surface area contributed by atoms with Gasteiger partial charge in [0.1, 0.15) is 6.10 Å². The Labute approximate surface area is 140 Å². The lowest BCUT2D eigenvalue weighted by atomic mass is 10.1. The topological polar surface area (TPSA) is 86.0 Å². The Hall–Kier alpha value is -2.72. The number of piperidine rings is 1. The minimum atomic E-state index is -4.57. The molecule has 2 aromatic rings. The van der Waals surface area contributed by atoms with Crippen molar-refractivity contribution in [3.63, 3.8) is 0 Å². The zero-order chi connectivity index (χ0) is 18.0. The Morgan fingerprint density at radius 2 is 2.20 bits per heavy atom. The summed E-state index contributed by atoms with van der Waals surface area (Å²) < 4.78 is 44.9. The standard InChI is InChI=1S/C14H15F3N6O2/c1-22-8-10(20-21-22)12(24)23-6-2-3-9(7-23)25-13-18-5-4-11(19-13)14(15,16)17/h4-5,8-9H,2-3,6-7H2,1H3. The van der Waals surface area contributed by atoms with Gasteiger partial charge in [0, 0.05) is 19.8 Å². The molecule has 3 rings (SSSR count). The molecule has 25 heavy (non-hydrogen) atoms. The number of carbonyl (C=O) groups is 1. The predicted molar refractivity (Wildman–Crippen MR) is 77.6 cm³/mol. The maximum atomic E-state index is 12.7. The number of nitrogens with zero attached hydrogens (tertiary/aromatic N) is 6. The minimum Gasteiger partial charge on any atom is -0.458 e. The SMILES string of the molecule is Cn1cc(C(=O)N2CCCC(Oc3nccc(C(F)(F)F)n3)C2)nn1. The maximum absolute atomic E-state index is 12.7. The van der Waals surface area contributed by atoms with Crippen LogP contribution in [0.15, 0.2) is 18.5 Å². The molecule has 0 N–H and O–H groups in total. The van der Waals surface area contributed by atoms with Gasteiger partial charge < -0.3 is 9.64 Å². The number of rotatable bonds is 3.